The van der Waals surface area contributed by atoms with Crippen molar-refractivity contribution < 1.29 is 18.0 Å². The molecule has 0 spiro atoms. The van der Waals surface area contributed by atoms with E-state index in [1.807, 2.05) is 17.0 Å². The molecule has 1 aromatic rings. The molecule has 0 radical (unpaired) electrons. The molecule has 9 heteroatoms. The first-order valence-electron chi connectivity index (χ1n) is 12.4. The van der Waals surface area contributed by atoms with Crippen molar-refractivity contribution in [1.29, 1.82) is 0 Å². The molecule has 0 unspecified atom stereocenters. The van der Waals surface area contributed by atoms with Crippen LogP contribution in [0.5, 0.6) is 0 Å². The minimum atomic E-state index is -3.66. The Morgan fingerprint density at radius 3 is 1.94 bits per heavy atom. The van der Waals surface area contributed by atoms with E-state index < -0.39 is 10.0 Å². The predicted molar refractivity (Wildman–Crippen MR) is 133 cm³/mol. The summed E-state index contributed by atoms with van der Waals surface area (Å²) in [6.45, 7) is 10.9. The van der Waals surface area contributed by atoms with Gasteiger partial charge in [0.15, 0.2) is 0 Å². The van der Waals surface area contributed by atoms with Crippen LogP contribution in [0.25, 0.3) is 0 Å². The first-order chi connectivity index (χ1) is 16.1. The number of rotatable bonds is 7. The summed E-state index contributed by atoms with van der Waals surface area (Å²) in [5, 5.41) is 0. The number of nitrogens with one attached hydrogen (secondary N) is 1. The molecule has 34 heavy (non-hydrogen) atoms. The van der Waals surface area contributed by atoms with Gasteiger partial charge in [0.05, 0.1) is 11.4 Å². The molecule has 2 saturated heterocycles. The van der Waals surface area contributed by atoms with E-state index in [1.54, 1.807) is 17.0 Å². The number of nitrogens with zero attached hydrogens (tertiary/aromatic N) is 3. The maximum Gasteiger partial charge on any atom is 0.240 e. The molecule has 3 rings (SSSR count). The number of carbonyl (C=O) groups excluding carboxylic acids is 2. The molecule has 0 saturated carbocycles. The van der Waals surface area contributed by atoms with Crippen molar-refractivity contribution in [3.8, 4) is 0 Å². The zero-order chi connectivity index (χ0) is 24.8. The Morgan fingerprint density at radius 1 is 0.824 bits per heavy atom. The molecular weight excluding hydrogens is 452 g/mol. The second kappa shape index (κ2) is 11.6. The first kappa shape index (κ1) is 26.6. The maximum absolute atomic E-state index is 12.6. The Morgan fingerprint density at radius 2 is 1.38 bits per heavy atom. The maximum atomic E-state index is 12.6. The summed E-state index contributed by atoms with van der Waals surface area (Å²) in [7, 11) is -3.66. The van der Waals surface area contributed by atoms with Gasteiger partial charge in [0.25, 0.3) is 0 Å². The van der Waals surface area contributed by atoms with Gasteiger partial charge in [0.2, 0.25) is 21.8 Å². The molecule has 190 valence electrons. The molecule has 0 aromatic heterocycles. The average Bonchev–Trinajstić information content (AvgIpc) is 3.09. The van der Waals surface area contributed by atoms with Crippen molar-refractivity contribution in [2.45, 2.75) is 63.2 Å². The van der Waals surface area contributed by atoms with Crippen molar-refractivity contribution in [3.05, 3.63) is 29.8 Å². The van der Waals surface area contributed by atoms with Crippen LogP contribution in [-0.4, -0.2) is 87.3 Å². The highest BCUT2D eigenvalue weighted by atomic mass is 32.2. The number of amides is 2. The van der Waals surface area contributed by atoms with Gasteiger partial charge in [-0.3, -0.25) is 14.5 Å². The van der Waals surface area contributed by atoms with E-state index in [0.29, 0.717) is 32.7 Å². The molecule has 2 amide bonds. The average molecular weight is 493 g/mol. The SMILES string of the molecule is CC(C)(C)c1ccc(S(=O)(=O)NCCC(=O)N2CCN(CC(=O)N3CCCCCC3)CC2)cc1. The highest BCUT2D eigenvalue weighted by Crippen LogP contribution is 2.23. The minimum Gasteiger partial charge on any atom is -0.342 e. The van der Waals surface area contributed by atoms with E-state index in [4.69, 9.17) is 0 Å². The van der Waals surface area contributed by atoms with Crippen LogP contribution in [0.1, 0.15) is 58.4 Å². The topological polar surface area (TPSA) is 90.0 Å². The second-order valence-corrected chi connectivity index (χ2v) is 12.1. The number of benzene rings is 1. The summed E-state index contributed by atoms with van der Waals surface area (Å²) in [6.07, 6.45) is 4.68. The quantitative estimate of drug-likeness (QED) is 0.630. The lowest BCUT2D eigenvalue weighted by Crippen LogP contribution is -2.52. The van der Waals surface area contributed by atoms with Crippen LogP contribution < -0.4 is 4.72 Å². The number of hydrogen-bond acceptors (Lipinski definition) is 5. The Bertz CT molecular complexity index is 925. The summed E-state index contributed by atoms with van der Waals surface area (Å²) in [5.41, 5.74) is 1.01. The molecule has 1 N–H and O–H groups in total. The highest BCUT2D eigenvalue weighted by Gasteiger charge is 2.25. The van der Waals surface area contributed by atoms with E-state index in [0.717, 1.165) is 31.5 Å². The predicted octanol–water partition coefficient (Wildman–Crippen LogP) is 2.20. The van der Waals surface area contributed by atoms with Gasteiger partial charge in [-0.25, -0.2) is 13.1 Å². The molecule has 2 aliphatic heterocycles. The summed E-state index contributed by atoms with van der Waals surface area (Å²) < 4.78 is 27.7. The standard InChI is InChI=1S/C25H40N4O4S/c1-25(2,3)21-8-10-22(11-9-21)34(32,33)26-13-12-23(30)29-18-16-27(17-19-29)20-24(31)28-14-6-4-5-7-15-28/h8-11,26H,4-7,12-20H2,1-3H3. The third-order valence-electron chi connectivity index (χ3n) is 6.70. The number of hydrogen-bond donors (Lipinski definition) is 1. The van der Waals surface area contributed by atoms with Gasteiger partial charge in [-0.2, -0.15) is 0 Å². The molecule has 1 aromatic carbocycles. The van der Waals surface area contributed by atoms with Gasteiger partial charge in [0.1, 0.15) is 0 Å². The van der Waals surface area contributed by atoms with Crippen LogP contribution in [0.15, 0.2) is 29.2 Å². The molecule has 2 fully saturated rings. The highest BCUT2D eigenvalue weighted by molar-refractivity contribution is 7.89. The van der Waals surface area contributed by atoms with E-state index in [-0.39, 0.29) is 35.1 Å². The summed E-state index contributed by atoms with van der Waals surface area (Å²) in [4.78, 5) is 31.2. The van der Waals surface area contributed by atoms with E-state index in [1.165, 1.54) is 12.8 Å². The fourth-order valence-electron chi connectivity index (χ4n) is 4.43. The molecule has 8 nitrogen and oxygen atoms in total. The Kier molecular flexibility index (Phi) is 9.12. The molecule has 0 atom stereocenters. The minimum absolute atomic E-state index is 0.0492. The fraction of sp³-hybridized carbons (Fsp3) is 0.680. The number of likely N-dealkylation sites (tertiary alicyclic amines) is 1. The van der Waals surface area contributed by atoms with Crippen LogP contribution >= 0.6 is 0 Å². The van der Waals surface area contributed by atoms with Crippen LogP contribution in [-0.2, 0) is 25.0 Å². The lowest BCUT2D eigenvalue weighted by Gasteiger charge is -2.35. The summed E-state index contributed by atoms with van der Waals surface area (Å²) in [6, 6.07) is 6.88. The Labute approximate surface area is 204 Å². The molecule has 2 aliphatic rings. The normalized spacial score (nSPS) is 18.6. The summed E-state index contributed by atoms with van der Waals surface area (Å²) >= 11 is 0. The smallest absolute Gasteiger partial charge is 0.240 e. The zero-order valence-electron chi connectivity index (χ0n) is 20.9. The fourth-order valence-corrected chi connectivity index (χ4v) is 5.47. The van der Waals surface area contributed by atoms with Gasteiger partial charge in [-0.1, -0.05) is 45.7 Å². The van der Waals surface area contributed by atoms with Crippen LogP contribution in [0.4, 0.5) is 0 Å². The lowest BCUT2D eigenvalue weighted by atomic mass is 9.87. The molecule has 2 heterocycles. The summed E-state index contributed by atoms with van der Waals surface area (Å²) in [5.74, 6) is 0.121. The van der Waals surface area contributed by atoms with E-state index >= 15 is 0 Å². The Balaban J connectivity index is 1.40. The number of carbonyl (C=O) groups is 2. The van der Waals surface area contributed by atoms with Gasteiger partial charge >= 0.3 is 0 Å². The largest absolute Gasteiger partial charge is 0.342 e. The van der Waals surface area contributed by atoms with Crippen molar-refractivity contribution in [1.82, 2.24) is 19.4 Å². The molecular formula is C25H40N4O4S. The van der Waals surface area contributed by atoms with Gasteiger partial charge in [-0.15, -0.1) is 0 Å². The van der Waals surface area contributed by atoms with Gasteiger partial charge in [0, 0.05) is 52.2 Å². The first-order valence-corrected chi connectivity index (χ1v) is 13.9. The van der Waals surface area contributed by atoms with Crippen molar-refractivity contribution in [3.63, 3.8) is 0 Å². The second-order valence-electron chi connectivity index (χ2n) is 10.4. The third-order valence-corrected chi connectivity index (χ3v) is 8.18. The van der Waals surface area contributed by atoms with Gasteiger partial charge in [-0.05, 0) is 36.0 Å². The van der Waals surface area contributed by atoms with Crippen molar-refractivity contribution in [2.24, 2.45) is 0 Å². The van der Waals surface area contributed by atoms with Crippen LogP contribution in [0, 0.1) is 0 Å². The van der Waals surface area contributed by atoms with Crippen LogP contribution in [0.3, 0.4) is 0 Å². The van der Waals surface area contributed by atoms with E-state index in [2.05, 4.69) is 30.4 Å². The van der Waals surface area contributed by atoms with Crippen molar-refractivity contribution in [2.75, 3.05) is 52.4 Å². The van der Waals surface area contributed by atoms with Gasteiger partial charge < -0.3 is 9.80 Å². The lowest BCUT2D eigenvalue weighted by molar-refractivity contribution is -0.135. The van der Waals surface area contributed by atoms with E-state index in [9.17, 15) is 18.0 Å². The number of sulfonamides is 1. The number of piperazine rings is 1. The van der Waals surface area contributed by atoms with Crippen LogP contribution in [0.2, 0.25) is 0 Å². The van der Waals surface area contributed by atoms with Crippen molar-refractivity contribution >= 4 is 21.8 Å². The molecule has 0 bridgehead atoms. The molecule has 0 aliphatic carbocycles. The zero-order valence-corrected chi connectivity index (χ0v) is 21.7. The third kappa shape index (κ3) is 7.52. The monoisotopic (exact) mass is 492 g/mol. The Hall–Kier alpha value is -1.97.